The molecule has 2 aromatic rings. The molecule has 0 fully saturated rings. The first-order chi connectivity index (χ1) is 9.12. The normalized spacial score (nSPS) is 10.8. The molecule has 0 aliphatic rings. The highest BCUT2D eigenvalue weighted by Gasteiger charge is 2.10. The molecule has 0 saturated carbocycles. The minimum Gasteiger partial charge on any atom is -0.436 e. The fourth-order valence-electron chi connectivity index (χ4n) is 1.52. The first-order valence-electron chi connectivity index (χ1n) is 6.18. The molecule has 2 aromatic heterocycles. The van der Waals surface area contributed by atoms with E-state index in [-0.39, 0.29) is 5.92 Å². The predicted molar refractivity (Wildman–Crippen MR) is 71.9 cm³/mol. The van der Waals surface area contributed by atoms with Gasteiger partial charge in [0.05, 0.1) is 12.4 Å². The predicted octanol–water partition coefficient (Wildman–Crippen LogP) is 1.89. The van der Waals surface area contributed by atoms with Gasteiger partial charge in [0.25, 0.3) is 0 Å². The zero-order chi connectivity index (χ0) is 13.8. The molecule has 0 aliphatic heterocycles. The zero-order valence-corrected chi connectivity index (χ0v) is 11.3. The van der Waals surface area contributed by atoms with E-state index in [9.17, 15) is 0 Å². The molecule has 2 heterocycles. The van der Waals surface area contributed by atoms with Crippen molar-refractivity contribution in [3.63, 3.8) is 0 Å². The molecule has 7 nitrogen and oxygen atoms in total. The van der Waals surface area contributed by atoms with Crippen LogP contribution in [0.3, 0.4) is 0 Å². The number of rotatable bonds is 5. The van der Waals surface area contributed by atoms with E-state index in [0.29, 0.717) is 23.3 Å². The first-order valence-corrected chi connectivity index (χ1v) is 6.18. The maximum absolute atomic E-state index is 5.66. The van der Waals surface area contributed by atoms with Crippen LogP contribution < -0.4 is 16.0 Å². The summed E-state index contributed by atoms with van der Waals surface area (Å²) in [6, 6.07) is 1.65. The summed E-state index contributed by atoms with van der Waals surface area (Å²) < 4.78 is 7.44. The monoisotopic (exact) mass is 262 g/mol. The fraction of sp³-hybridized carbons (Fsp3) is 0.417. The number of nitrogens with one attached hydrogen (secondary N) is 1. The van der Waals surface area contributed by atoms with Gasteiger partial charge < -0.3 is 10.2 Å². The highest BCUT2D eigenvalue weighted by molar-refractivity contribution is 5.38. The molecule has 19 heavy (non-hydrogen) atoms. The van der Waals surface area contributed by atoms with E-state index in [1.807, 2.05) is 27.0 Å². The highest BCUT2D eigenvalue weighted by atomic mass is 16.5. The van der Waals surface area contributed by atoms with E-state index in [1.54, 1.807) is 16.9 Å². The smallest absolute Gasteiger partial charge is 0.224 e. The third-order valence-corrected chi connectivity index (χ3v) is 2.54. The van der Waals surface area contributed by atoms with Crippen LogP contribution in [0, 0.1) is 0 Å². The van der Waals surface area contributed by atoms with Gasteiger partial charge in [-0.25, -0.2) is 10.8 Å². The topological polar surface area (TPSA) is 90.9 Å². The van der Waals surface area contributed by atoms with E-state index in [2.05, 4.69) is 20.5 Å². The average molecular weight is 262 g/mol. The number of hydrazine groups is 1. The number of hydrogen-bond donors (Lipinski definition) is 2. The molecule has 0 spiro atoms. The number of anilines is 1. The van der Waals surface area contributed by atoms with Crippen molar-refractivity contribution < 1.29 is 4.74 Å². The SMILES string of the molecule is CCn1cc(Oc2cc(NN)nc(C(C)C)n2)cn1. The molecular weight excluding hydrogens is 244 g/mol. The van der Waals surface area contributed by atoms with E-state index in [4.69, 9.17) is 10.6 Å². The van der Waals surface area contributed by atoms with Gasteiger partial charge in [-0.05, 0) is 6.92 Å². The van der Waals surface area contributed by atoms with Crippen LogP contribution in [-0.2, 0) is 6.54 Å². The molecule has 0 radical (unpaired) electrons. The second kappa shape index (κ2) is 5.66. The lowest BCUT2D eigenvalue weighted by atomic mass is 10.2. The van der Waals surface area contributed by atoms with Gasteiger partial charge in [-0.2, -0.15) is 10.1 Å². The van der Waals surface area contributed by atoms with Gasteiger partial charge >= 0.3 is 0 Å². The van der Waals surface area contributed by atoms with Crippen molar-refractivity contribution in [2.45, 2.75) is 33.2 Å². The standard InChI is InChI=1S/C12H18N6O/c1-4-18-7-9(6-14-18)19-11-5-10(17-13)15-12(16-11)8(2)3/h5-8H,4,13H2,1-3H3,(H,15,16,17). The molecular formula is C12H18N6O. The van der Waals surface area contributed by atoms with Gasteiger partial charge in [-0.3, -0.25) is 4.68 Å². The number of aromatic nitrogens is 4. The fourth-order valence-corrected chi connectivity index (χ4v) is 1.52. The van der Waals surface area contributed by atoms with Gasteiger partial charge in [-0.15, -0.1) is 0 Å². The Kier molecular flexibility index (Phi) is 3.96. The van der Waals surface area contributed by atoms with Gasteiger partial charge in [-0.1, -0.05) is 13.8 Å². The molecule has 0 aliphatic carbocycles. The number of aryl methyl sites for hydroxylation is 1. The third kappa shape index (κ3) is 3.19. The Bertz CT molecular complexity index is 551. The summed E-state index contributed by atoms with van der Waals surface area (Å²) >= 11 is 0. The van der Waals surface area contributed by atoms with Crippen molar-refractivity contribution in [1.29, 1.82) is 0 Å². The quantitative estimate of drug-likeness (QED) is 0.631. The Labute approximate surface area is 111 Å². The van der Waals surface area contributed by atoms with Crippen LogP contribution in [0.1, 0.15) is 32.5 Å². The molecule has 0 aromatic carbocycles. The van der Waals surface area contributed by atoms with Crippen LogP contribution in [0.2, 0.25) is 0 Å². The minimum atomic E-state index is 0.189. The lowest BCUT2D eigenvalue weighted by molar-refractivity contribution is 0.456. The molecule has 3 N–H and O–H groups in total. The van der Waals surface area contributed by atoms with E-state index >= 15 is 0 Å². The van der Waals surface area contributed by atoms with Crippen molar-refractivity contribution in [2.24, 2.45) is 5.84 Å². The van der Waals surface area contributed by atoms with Crippen LogP contribution >= 0.6 is 0 Å². The summed E-state index contributed by atoms with van der Waals surface area (Å²) in [5.74, 6) is 7.87. The van der Waals surface area contributed by atoms with Crippen LogP contribution in [0.25, 0.3) is 0 Å². The van der Waals surface area contributed by atoms with Crippen LogP contribution in [0.15, 0.2) is 18.5 Å². The molecule has 2 rings (SSSR count). The Balaban J connectivity index is 2.25. The Morgan fingerprint density at radius 1 is 1.42 bits per heavy atom. The lowest BCUT2D eigenvalue weighted by Gasteiger charge is -2.09. The number of hydrogen-bond acceptors (Lipinski definition) is 6. The molecule has 102 valence electrons. The maximum atomic E-state index is 5.66. The van der Waals surface area contributed by atoms with Crippen molar-refractivity contribution >= 4 is 5.82 Å². The molecule has 0 unspecified atom stereocenters. The average Bonchev–Trinajstić information content (AvgIpc) is 2.85. The summed E-state index contributed by atoms with van der Waals surface area (Å²) in [5.41, 5.74) is 2.51. The summed E-state index contributed by atoms with van der Waals surface area (Å²) in [4.78, 5) is 8.61. The van der Waals surface area contributed by atoms with Crippen molar-refractivity contribution in [3.05, 3.63) is 24.3 Å². The lowest BCUT2D eigenvalue weighted by Crippen LogP contribution is -2.11. The second-order valence-corrected chi connectivity index (χ2v) is 4.38. The summed E-state index contributed by atoms with van der Waals surface area (Å²) in [7, 11) is 0. The van der Waals surface area contributed by atoms with E-state index < -0.39 is 0 Å². The molecule has 7 heteroatoms. The van der Waals surface area contributed by atoms with Gasteiger partial charge in [0.15, 0.2) is 5.75 Å². The molecule has 0 saturated heterocycles. The van der Waals surface area contributed by atoms with Crippen molar-refractivity contribution in [1.82, 2.24) is 19.7 Å². The number of nitrogen functional groups attached to an aromatic ring is 1. The number of nitrogens with zero attached hydrogens (tertiary/aromatic N) is 4. The largest absolute Gasteiger partial charge is 0.436 e. The van der Waals surface area contributed by atoms with Crippen LogP contribution in [0.4, 0.5) is 5.82 Å². The molecule has 0 bridgehead atoms. The Hall–Kier alpha value is -2.15. The van der Waals surface area contributed by atoms with Crippen LogP contribution in [0.5, 0.6) is 11.6 Å². The van der Waals surface area contributed by atoms with Crippen molar-refractivity contribution in [3.8, 4) is 11.6 Å². The van der Waals surface area contributed by atoms with E-state index in [0.717, 1.165) is 6.54 Å². The van der Waals surface area contributed by atoms with Gasteiger partial charge in [0, 0.05) is 18.5 Å². The Morgan fingerprint density at radius 3 is 2.79 bits per heavy atom. The maximum Gasteiger partial charge on any atom is 0.224 e. The van der Waals surface area contributed by atoms with Gasteiger partial charge in [0.1, 0.15) is 11.6 Å². The Morgan fingerprint density at radius 2 is 2.21 bits per heavy atom. The number of ether oxygens (including phenoxy) is 1. The molecule has 0 atom stereocenters. The first kappa shape index (κ1) is 13.3. The summed E-state index contributed by atoms with van der Waals surface area (Å²) in [5, 5.41) is 4.14. The second-order valence-electron chi connectivity index (χ2n) is 4.38. The zero-order valence-electron chi connectivity index (χ0n) is 11.3. The van der Waals surface area contributed by atoms with Crippen LogP contribution in [-0.4, -0.2) is 19.7 Å². The van der Waals surface area contributed by atoms with E-state index in [1.165, 1.54) is 0 Å². The summed E-state index contributed by atoms with van der Waals surface area (Å²) in [6.45, 7) is 6.82. The summed E-state index contributed by atoms with van der Waals surface area (Å²) in [6.07, 6.45) is 3.46. The minimum absolute atomic E-state index is 0.189. The number of nitrogens with two attached hydrogens (primary N) is 1. The molecule has 0 amide bonds. The van der Waals surface area contributed by atoms with Crippen molar-refractivity contribution in [2.75, 3.05) is 5.43 Å². The highest BCUT2D eigenvalue weighted by Crippen LogP contribution is 2.23. The third-order valence-electron chi connectivity index (χ3n) is 2.54. The van der Waals surface area contributed by atoms with Gasteiger partial charge in [0.2, 0.25) is 5.88 Å².